The summed E-state index contributed by atoms with van der Waals surface area (Å²) >= 11 is 0. The zero-order chi connectivity index (χ0) is 19.9. The minimum Gasteiger partial charge on any atom is -0.496 e. The predicted molar refractivity (Wildman–Crippen MR) is 106 cm³/mol. The molecule has 0 saturated carbocycles. The fourth-order valence-electron chi connectivity index (χ4n) is 3.43. The lowest BCUT2D eigenvalue weighted by Crippen LogP contribution is -2.41. The lowest BCUT2D eigenvalue weighted by atomic mass is 9.95. The molecule has 1 aliphatic rings. The molecule has 28 heavy (non-hydrogen) atoms. The van der Waals surface area contributed by atoms with Gasteiger partial charge in [0.1, 0.15) is 5.75 Å². The lowest BCUT2D eigenvalue weighted by Gasteiger charge is -2.30. The van der Waals surface area contributed by atoms with Gasteiger partial charge in [0, 0.05) is 30.1 Å². The van der Waals surface area contributed by atoms with Crippen LogP contribution in [0.3, 0.4) is 0 Å². The molecule has 0 radical (unpaired) electrons. The molecule has 2 amide bonds. The van der Waals surface area contributed by atoms with Crippen molar-refractivity contribution < 1.29 is 19.1 Å². The average Bonchev–Trinajstić information content (AvgIpc) is 2.74. The molecule has 3 rings (SSSR count). The second-order valence-electron chi connectivity index (χ2n) is 6.97. The second kappa shape index (κ2) is 9.37. The van der Waals surface area contributed by atoms with Crippen molar-refractivity contribution in [3.05, 3.63) is 65.2 Å². The quantitative estimate of drug-likeness (QED) is 0.798. The number of benzene rings is 2. The van der Waals surface area contributed by atoms with Gasteiger partial charge in [-0.3, -0.25) is 9.59 Å². The molecule has 1 heterocycles. The Morgan fingerprint density at radius 3 is 2.43 bits per heavy atom. The van der Waals surface area contributed by atoms with E-state index in [1.54, 1.807) is 24.1 Å². The lowest BCUT2D eigenvalue weighted by molar-refractivity contribution is -0.123. The van der Waals surface area contributed by atoms with Crippen molar-refractivity contribution in [3.8, 4) is 5.75 Å². The smallest absolute Gasteiger partial charge is 0.253 e. The van der Waals surface area contributed by atoms with Gasteiger partial charge in [0.25, 0.3) is 5.91 Å². The highest BCUT2D eigenvalue weighted by molar-refractivity contribution is 5.94. The van der Waals surface area contributed by atoms with E-state index in [2.05, 4.69) is 0 Å². The second-order valence-corrected chi connectivity index (χ2v) is 6.97. The number of nitrogens with two attached hydrogens (primary N) is 1. The first-order valence-corrected chi connectivity index (χ1v) is 9.45. The van der Waals surface area contributed by atoms with Crippen molar-refractivity contribution in [2.75, 3.05) is 20.2 Å². The third kappa shape index (κ3) is 4.89. The molecule has 2 aromatic rings. The first-order valence-electron chi connectivity index (χ1n) is 9.45. The van der Waals surface area contributed by atoms with Crippen LogP contribution in [0.4, 0.5) is 0 Å². The maximum Gasteiger partial charge on any atom is 0.253 e. The zero-order valence-corrected chi connectivity index (χ0v) is 16.1. The van der Waals surface area contributed by atoms with Gasteiger partial charge < -0.3 is 20.1 Å². The van der Waals surface area contributed by atoms with E-state index in [1.807, 2.05) is 36.4 Å². The number of likely N-dealkylation sites (tertiary alicyclic amines) is 1. The molecule has 0 unspecified atom stereocenters. The molecule has 1 saturated heterocycles. The van der Waals surface area contributed by atoms with Gasteiger partial charge >= 0.3 is 0 Å². The highest BCUT2D eigenvalue weighted by Crippen LogP contribution is 2.24. The monoisotopic (exact) mass is 382 g/mol. The topological polar surface area (TPSA) is 81.9 Å². The molecule has 6 heteroatoms. The van der Waals surface area contributed by atoms with Gasteiger partial charge in [-0.05, 0) is 36.6 Å². The van der Waals surface area contributed by atoms with Crippen LogP contribution in [0.2, 0.25) is 0 Å². The number of carbonyl (C=O) groups is 2. The van der Waals surface area contributed by atoms with Crippen molar-refractivity contribution >= 4 is 11.8 Å². The van der Waals surface area contributed by atoms with E-state index in [4.69, 9.17) is 15.2 Å². The number of nitrogens with zero attached hydrogens (tertiary/aromatic N) is 1. The Hall–Kier alpha value is -2.86. The molecule has 2 aromatic carbocycles. The number of hydrogen-bond acceptors (Lipinski definition) is 4. The van der Waals surface area contributed by atoms with Crippen LogP contribution in [0.15, 0.2) is 48.5 Å². The Morgan fingerprint density at radius 1 is 1.07 bits per heavy atom. The first kappa shape index (κ1) is 19.9. The Balaban J connectivity index is 1.64. The van der Waals surface area contributed by atoms with E-state index in [-0.39, 0.29) is 17.7 Å². The minimum absolute atomic E-state index is 0.0464. The molecule has 6 nitrogen and oxygen atoms in total. The molecule has 148 valence electrons. The van der Waals surface area contributed by atoms with E-state index in [1.165, 1.54) is 0 Å². The predicted octanol–water partition coefficient (Wildman–Crippen LogP) is 2.75. The fraction of sp³-hybridized carbons (Fsp3) is 0.364. The standard InChI is InChI=1S/C22H26N2O4/c1-27-20-8-7-18(22(26)24-11-9-17(10-12-24)21(23)25)13-19(20)15-28-14-16-5-3-2-4-6-16/h2-8,13,17H,9-12,14-15H2,1H3,(H2,23,25). The number of methoxy groups -OCH3 is 1. The molecular formula is C22H26N2O4. The van der Waals surface area contributed by atoms with Gasteiger partial charge in [-0.2, -0.15) is 0 Å². The zero-order valence-electron chi connectivity index (χ0n) is 16.1. The van der Waals surface area contributed by atoms with Crippen LogP contribution in [-0.4, -0.2) is 36.9 Å². The number of amides is 2. The third-order valence-corrected chi connectivity index (χ3v) is 5.08. The van der Waals surface area contributed by atoms with Gasteiger partial charge in [0.05, 0.1) is 20.3 Å². The van der Waals surface area contributed by atoms with Crippen LogP contribution in [0, 0.1) is 5.92 Å². The van der Waals surface area contributed by atoms with Crippen LogP contribution in [0.1, 0.15) is 34.3 Å². The Kier molecular flexibility index (Phi) is 6.66. The van der Waals surface area contributed by atoms with Crippen molar-refractivity contribution in [2.45, 2.75) is 26.1 Å². The average molecular weight is 382 g/mol. The maximum atomic E-state index is 12.9. The molecule has 0 aromatic heterocycles. The van der Waals surface area contributed by atoms with Crippen molar-refractivity contribution in [1.29, 1.82) is 0 Å². The Bertz CT molecular complexity index is 815. The van der Waals surface area contributed by atoms with Crippen molar-refractivity contribution in [1.82, 2.24) is 4.90 Å². The van der Waals surface area contributed by atoms with Crippen LogP contribution in [-0.2, 0) is 22.7 Å². The third-order valence-electron chi connectivity index (χ3n) is 5.08. The van der Waals surface area contributed by atoms with E-state index in [0.29, 0.717) is 50.5 Å². The highest BCUT2D eigenvalue weighted by atomic mass is 16.5. The maximum absolute atomic E-state index is 12.9. The Morgan fingerprint density at radius 2 is 1.79 bits per heavy atom. The summed E-state index contributed by atoms with van der Waals surface area (Å²) in [5, 5.41) is 0. The van der Waals surface area contributed by atoms with Crippen LogP contribution in [0.5, 0.6) is 5.75 Å². The van der Waals surface area contributed by atoms with Gasteiger partial charge in [0.2, 0.25) is 5.91 Å². The summed E-state index contributed by atoms with van der Waals surface area (Å²) in [5.41, 5.74) is 7.88. The van der Waals surface area contributed by atoms with E-state index in [9.17, 15) is 9.59 Å². The molecular weight excluding hydrogens is 356 g/mol. The number of ether oxygens (including phenoxy) is 2. The molecule has 0 spiro atoms. The molecule has 0 bridgehead atoms. The summed E-state index contributed by atoms with van der Waals surface area (Å²) < 4.78 is 11.2. The van der Waals surface area contributed by atoms with Gasteiger partial charge in [-0.25, -0.2) is 0 Å². The SMILES string of the molecule is COc1ccc(C(=O)N2CCC(C(N)=O)CC2)cc1COCc1ccccc1. The largest absolute Gasteiger partial charge is 0.496 e. The summed E-state index contributed by atoms with van der Waals surface area (Å²) in [7, 11) is 1.60. The summed E-state index contributed by atoms with van der Waals surface area (Å²) in [5.74, 6) is 0.225. The van der Waals surface area contributed by atoms with Crippen molar-refractivity contribution in [3.63, 3.8) is 0 Å². The van der Waals surface area contributed by atoms with Gasteiger partial charge in [-0.1, -0.05) is 30.3 Å². The summed E-state index contributed by atoms with van der Waals surface area (Å²) in [6.07, 6.45) is 1.23. The Labute approximate surface area is 165 Å². The fourth-order valence-corrected chi connectivity index (χ4v) is 3.43. The molecule has 1 aliphatic heterocycles. The highest BCUT2D eigenvalue weighted by Gasteiger charge is 2.26. The van der Waals surface area contributed by atoms with E-state index < -0.39 is 0 Å². The number of rotatable bonds is 7. The molecule has 0 aliphatic carbocycles. The number of piperidine rings is 1. The number of carbonyl (C=O) groups excluding carboxylic acids is 2. The van der Waals surface area contributed by atoms with E-state index in [0.717, 1.165) is 11.1 Å². The number of hydrogen-bond donors (Lipinski definition) is 1. The molecule has 1 fully saturated rings. The van der Waals surface area contributed by atoms with Crippen molar-refractivity contribution in [2.24, 2.45) is 11.7 Å². The molecule has 0 atom stereocenters. The minimum atomic E-state index is -0.283. The van der Waals surface area contributed by atoms with E-state index >= 15 is 0 Å². The van der Waals surface area contributed by atoms with Gasteiger partial charge in [-0.15, -0.1) is 0 Å². The normalized spacial score (nSPS) is 14.7. The van der Waals surface area contributed by atoms with Crippen LogP contribution in [0.25, 0.3) is 0 Å². The van der Waals surface area contributed by atoms with Gasteiger partial charge in [0.15, 0.2) is 0 Å². The summed E-state index contributed by atoms with van der Waals surface area (Å²) in [4.78, 5) is 25.9. The van der Waals surface area contributed by atoms with Crippen LogP contribution >= 0.6 is 0 Å². The summed E-state index contributed by atoms with van der Waals surface area (Å²) in [6, 6.07) is 15.3. The summed E-state index contributed by atoms with van der Waals surface area (Å²) in [6.45, 7) is 1.92. The molecule has 2 N–H and O–H groups in total. The first-order chi connectivity index (χ1) is 13.6. The van der Waals surface area contributed by atoms with Crippen LogP contribution < -0.4 is 10.5 Å². The number of primary amides is 1.